The number of ether oxygens (including phenoxy) is 1. The molecule has 1 unspecified atom stereocenters. The number of hydrogen-bond acceptors (Lipinski definition) is 3. The van der Waals surface area contributed by atoms with Crippen molar-refractivity contribution in [2.45, 2.75) is 4.83 Å². The smallest absolute Gasteiger partial charge is 0.206 e. The maximum atomic E-state index is 5.13. The molecule has 0 fully saturated rings. The molecule has 0 amide bonds. The van der Waals surface area contributed by atoms with Gasteiger partial charge in [-0.25, -0.2) is 4.98 Å². The lowest BCUT2D eigenvalue weighted by Gasteiger charge is -2.21. The van der Waals surface area contributed by atoms with Gasteiger partial charge >= 0.3 is 0 Å². The van der Waals surface area contributed by atoms with Crippen molar-refractivity contribution >= 4 is 32.9 Å². The van der Waals surface area contributed by atoms with Crippen molar-refractivity contribution in [3.8, 4) is 0 Å². The third-order valence-electron chi connectivity index (χ3n) is 2.92. The summed E-state index contributed by atoms with van der Waals surface area (Å²) in [6, 6.07) is 8.16. The van der Waals surface area contributed by atoms with E-state index in [9.17, 15) is 0 Å². The van der Waals surface area contributed by atoms with Crippen molar-refractivity contribution in [1.29, 1.82) is 0 Å². The van der Waals surface area contributed by atoms with Crippen LogP contribution in [-0.2, 0) is 11.8 Å². The van der Waals surface area contributed by atoms with Crippen LogP contribution in [0.1, 0.15) is 0 Å². The molecule has 5 heteroatoms. The third-order valence-corrected chi connectivity index (χ3v) is 3.48. The molecule has 0 aliphatic rings. The topological polar surface area (TPSA) is 30.3 Å². The summed E-state index contributed by atoms with van der Waals surface area (Å²) in [5.41, 5.74) is 2.18. The van der Waals surface area contributed by atoms with Gasteiger partial charge in [0.05, 0.1) is 22.5 Å². The number of anilines is 1. The lowest BCUT2D eigenvalue weighted by Crippen LogP contribution is -2.30. The number of rotatable bonds is 5. The minimum Gasteiger partial charge on any atom is -0.383 e. The van der Waals surface area contributed by atoms with Crippen LogP contribution in [0.25, 0.3) is 11.0 Å². The summed E-state index contributed by atoms with van der Waals surface area (Å²) in [7, 11) is 5.80. The predicted octanol–water partition coefficient (Wildman–Crippen LogP) is 2.42. The number of aryl methyl sites for hydroxylation is 1. The van der Waals surface area contributed by atoms with E-state index in [0.717, 1.165) is 23.5 Å². The standard InChI is InChI=1S/C13H18BrN3O/c1-16(8-10(14)9-18-3)13-15-11-6-4-5-7-12(11)17(13)2/h4-7,10H,8-9H2,1-3H3. The first-order chi connectivity index (χ1) is 8.63. The van der Waals surface area contributed by atoms with E-state index in [2.05, 4.69) is 36.4 Å². The second kappa shape index (κ2) is 5.71. The van der Waals surface area contributed by atoms with Crippen molar-refractivity contribution in [1.82, 2.24) is 9.55 Å². The molecule has 2 aromatic rings. The highest BCUT2D eigenvalue weighted by molar-refractivity contribution is 9.09. The van der Waals surface area contributed by atoms with E-state index in [1.807, 2.05) is 32.3 Å². The fourth-order valence-electron chi connectivity index (χ4n) is 2.09. The molecule has 0 spiro atoms. The van der Waals surface area contributed by atoms with Crippen LogP contribution >= 0.6 is 15.9 Å². The Bertz CT molecular complexity index is 526. The van der Waals surface area contributed by atoms with Crippen LogP contribution in [0.4, 0.5) is 5.95 Å². The molecule has 0 bridgehead atoms. The van der Waals surface area contributed by atoms with E-state index >= 15 is 0 Å². The summed E-state index contributed by atoms with van der Waals surface area (Å²) < 4.78 is 7.24. The lowest BCUT2D eigenvalue weighted by molar-refractivity contribution is 0.201. The molecular weight excluding hydrogens is 294 g/mol. The Labute approximate surface area is 116 Å². The zero-order valence-electron chi connectivity index (χ0n) is 10.9. The first-order valence-corrected chi connectivity index (χ1v) is 6.80. The zero-order chi connectivity index (χ0) is 13.1. The number of imidazole rings is 1. The third kappa shape index (κ3) is 2.67. The van der Waals surface area contributed by atoms with Gasteiger partial charge in [0.2, 0.25) is 5.95 Å². The number of aromatic nitrogens is 2. The Morgan fingerprint density at radius 3 is 2.83 bits per heavy atom. The number of fused-ring (bicyclic) bond motifs is 1. The average molecular weight is 312 g/mol. The number of benzene rings is 1. The molecule has 1 heterocycles. The second-order valence-corrected chi connectivity index (χ2v) is 5.69. The van der Waals surface area contributed by atoms with Gasteiger partial charge in [-0.3, -0.25) is 0 Å². The van der Waals surface area contributed by atoms with Crippen LogP contribution in [-0.4, -0.2) is 41.7 Å². The van der Waals surface area contributed by atoms with Gasteiger partial charge in [0.1, 0.15) is 0 Å². The number of methoxy groups -OCH3 is 1. The van der Waals surface area contributed by atoms with Crippen molar-refractivity contribution in [2.75, 3.05) is 32.2 Å². The van der Waals surface area contributed by atoms with Crippen LogP contribution in [0.5, 0.6) is 0 Å². The molecule has 1 atom stereocenters. The van der Waals surface area contributed by atoms with Gasteiger partial charge < -0.3 is 14.2 Å². The van der Waals surface area contributed by atoms with Crippen LogP contribution in [0, 0.1) is 0 Å². The first-order valence-electron chi connectivity index (χ1n) is 5.89. The van der Waals surface area contributed by atoms with Gasteiger partial charge in [-0.15, -0.1) is 0 Å². The number of alkyl halides is 1. The lowest BCUT2D eigenvalue weighted by atomic mass is 10.3. The number of para-hydroxylation sites is 2. The van der Waals surface area contributed by atoms with Gasteiger partial charge in [-0.2, -0.15) is 0 Å². The highest BCUT2D eigenvalue weighted by Gasteiger charge is 2.14. The minimum absolute atomic E-state index is 0.298. The Morgan fingerprint density at radius 1 is 1.44 bits per heavy atom. The summed E-state index contributed by atoms with van der Waals surface area (Å²) in [6.07, 6.45) is 0. The van der Waals surface area contributed by atoms with Gasteiger partial charge in [0, 0.05) is 27.7 Å². The first kappa shape index (κ1) is 13.4. The van der Waals surface area contributed by atoms with E-state index in [0.29, 0.717) is 11.4 Å². The number of hydrogen-bond donors (Lipinski definition) is 0. The quantitative estimate of drug-likeness (QED) is 0.794. The Hall–Kier alpha value is -1.07. The van der Waals surface area contributed by atoms with Crippen LogP contribution in [0.15, 0.2) is 24.3 Å². The fourth-order valence-corrected chi connectivity index (χ4v) is 2.79. The molecule has 98 valence electrons. The molecule has 0 aliphatic heterocycles. The van der Waals surface area contributed by atoms with Crippen molar-refractivity contribution in [3.05, 3.63) is 24.3 Å². The summed E-state index contributed by atoms with van der Waals surface area (Å²) >= 11 is 3.60. The molecule has 0 N–H and O–H groups in total. The highest BCUT2D eigenvalue weighted by atomic mass is 79.9. The average Bonchev–Trinajstić information content (AvgIpc) is 2.68. The van der Waals surface area contributed by atoms with Crippen LogP contribution in [0.3, 0.4) is 0 Å². The number of nitrogens with zero attached hydrogens (tertiary/aromatic N) is 3. The summed E-state index contributed by atoms with van der Waals surface area (Å²) in [5.74, 6) is 0.969. The van der Waals surface area contributed by atoms with E-state index < -0.39 is 0 Å². The van der Waals surface area contributed by atoms with Crippen molar-refractivity contribution in [3.63, 3.8) is 0 Å². The normalized spacial score (nSPS) is 12.9. The van der Waals surface area contributed by atoms with E-state index in [1.54, 1.807) is 7.11 Å². The Balaban J connectivity index is 2.22. The predicted molar refractivity (Wildman–Crippen MR) is 78.6 cm³/mol. The van der Waals surface area contributed by atoms with Crippen LogP contribution < -0.4 is 4.90 Å². The van der Waals surface area contributed by atoms with Crippen LogP contribution in [0.2, 0.25) is 0 Å². The summed E-state index contributed by atoms with van der Waals surface area (Å²) in [4.78, 5) is 7.09. The second-order valence-electron chi connectivity index (χ2n) is 4.39. The minimum atomic E-state index is 0.298. The number of halogens is 1. The van der Waals surface area contributed by atoms with E-state index in [-0.39, 0.29) is 0 Å². The van der Waals surface area contributed by atoms with E-state index in [4.69, 9.17) is 4.74 Å². The van der Waals surface area contributed by atoms with Gasteiger partial charge in [0.25, 0.3) is 0 Å². The Kier molecular flexibility index (Phi) is 4.24. The SMILES string of the molecule is COCC(Br)CN(C)c1nc2ccccc2n1C. The van der Waals surface area contributed by atoms with Gasteiger partial charge in [-0.05, 0) is 12.1 Å². The molecule has 4 nitrogen and oxygen atoms in total. The van der Waals surface area contributed by atoms with Gasteiger partial charge in [-0.1, -0.05) is 28.1 Å². The maximum Gasteiger partial charge on any atom is 0.206 e. The van der Waals surface area contributed by atoms with Crippen molar-refractivity contribution < 1.29 is 4.74 Å². The highest BCUT2D eigenvalue weighted by Crippen LogP contribution is 2.20. The molecular formula is C13H18BrN3O. The summed E-state index contributed by atoms with van der Waals surface area (Å²) in [5, 5.41) is 0. The molecule has 2 rings (SSSR count). The molecule has 0 saturated heterocycles. The molecule has 0 radical (unpaired) electrons. The molecule has 1 aromatic heterocycles. The molecule has 0 saturated carbocycles. The van der Waals surface area contributed by atoms with Gasteiger partial charge in [0.15, 0.2) is 0 Å². The monoisotopic (exact) mass is 311 g/mol. The molecule has 18 heavy (non-hydrogen) atoms. The maximum absolute atomic E-state index is 5.13. The zero-order valence-corrected chi connectivity index (χ0v) is 12.5. The fraction of sp³-hybridized carbons (Fsp3) is 0.462. The van der Waals surface area contributed by atoms with E-state index in [1.165, 1.54) is 0 Å². The molecule has 0 aliphatic carbocycles. The summed E-state index contributed by atoms with van der Waals surface area (Å²) in [6.45, 7) is 1.54. The Morgan fingerprint density at radius 2 is 2.17 bits per heavy atom. The largest absolute Gasteiger partial charge is 0.383 e. The molecule has 1 aromatic carbocycles. The van der Waals surface area contributed by atoms with Crippen molar-refractivity contribution in [2.24, 2.45) is 7.05 Å².